The first kappa shape index (κ1) is 22.3. The molecule has 158 valence electrons. The molecular weight excluding hydrogens is 396 g/mol. The SMILES string of the molecule is C=C(C)C(=O)Oc1ccc(OCCCCOc2ccc([N+](=O)[O-])cc2[N+](=O)[O-])cc1. The minimum absolute atomic E-state index is 0.0218. The molecule has 2 aromatic carbocycles. The van der Waals surface area contributed by atoms with Crippen LogP contribution in [0.1, 0.15) is 19.8 Å². The smallest absolute Gasteiger partial charge is 0.338 e. The van der Waals surface area contributed by atoms with Crippen LogP contribution in [0.4, 0.5) is 11.4 Å². The molecule has 0 bridgehead atoms. The van der Waals surface area contributed by atoms with E-state index < -0.39 is 21.5 Å². The number of rotatable bonds is 11. The molecule has 30 heavy (non-hydrogen) atoms. The number of carbonyl (C=O) groups excluding carboxylic acids is 1. The number of nitro benzene ring substituents is 2. The first-order valence-corrected chi connectivity index (χ1v) is 8.94. The van der Waals surface area contributed by atoms with Gasteiger partial charge in [-0.05, 0) is 50.1 Å². The van der Waals surface area contributed by atoms with Crippen LogP contribution >= 0.6 is 0 Å². The number of ether oxygens (including phenoxy) is 3. The highest BCUT2D eigenvalue weighted by Gasteiger charge is 2.20. The van der Waals surface area contributed by atoms with E-state index >= 15 is 0 Å². The fourth-order valence-corrected chi connectivity index (χ4v) is 2.26. The van der Waals surface area contributed by atoms with Crippen molar-refractivity contribution < 1.29 is 28.9 Å². The Kier molecular flexibility index (Phi) is 7.86. The van der Waals surface area contributed by atoms with Gasteiger partial charge < -0.3 is 14.2 Å². The van der Waals surface area contributed by atoms with Gasteiger partial charge in [-0.15, -0.1) is 0 Å². The Bertz CT molecular complexity index is 940. The third-order valence-corrected chi connectivity index (χ3v) is 3.80. The number of esters is 1. The van der Waals surface area contributed by atoms with Crippen molar-refractivity contribution in [1.29, 1.82) is 0 Å². The molecule has 0 unspecified atom stereocenters. The summed E-state index contributed by atoms with van der Waals surface area (Å²) in [5.41, 5.74) is -0.521. The summed E-state index contributed by atoms with van der Waals surface area (Å²) in [4.78, 5) is 31.8. The summed E-state index contributed by atoms with van der Waals surface area (Å²) >= 11 is 0. The molecule has 0 atom stereocenters. The highest BCUT2D eigenvalue weighted by molar-refractivity contribution is 5.88. The van der Waals surface area contributed by atoms with Gasteiger partial charge in [0.2, 0.25) is 0 Å². The standard InChI is InChI=1S/C20H20N2O8/c1-14(2)20(23)30-17-8-6-16(7-9-17)28-11-3-4-12-29-19-10-5-15(21(24)25)13-18(19)22(26)27/h5-10,13H,1,3-4,11-12H2,2H3. The van der Waals surface area contributed by atoms with Crippen molar-refractivity contribution in [3.8, 4) is 17.2 Å². The lowest BCUT2D eigenvalue weighted by Crippen LogP contribution is -2.08. The molecule has 0 fully saturated rings. The minimum Gasteiger partial charge on any atom is -0.494 e. The second kappa shape index (κ2) is 10.6. The zero-order valence-corrected chi connectivity index (χ0v) is 16.2. The van der Waals surface area contributed by atoms with Crippen LogP contribution in [0.25, 0.3) is 0 Å². The van der Waals surface area contributed by atoms with Gasteiger partial charge in [0.1, 0.15) is 11.5 Å². The third-order valence-electron chi connectivity index (χ3n) is 3.80. The fraction of sp³-hybridized carbons (Fsp3) is 0.250. The maximum Gasteiger partial charge on any atom is 0.338 e. The molecule has 0 spiro atoms. The summed E-state index contributed by atoms with van der Waals surface area (Å²) in [6.07, 6.45) is 1.18. The van der Waals surface area contributed by atoms with E-state index in [0.717, 1.165) is 12.1 Å². The summed E-state index contributed by atoms with van der Waals surface area (Å²) in [5.74, 6) is 0.453. The zero-order valence-electron chi connectivity index (χ0n) is 16.2. The monoisotopic (exact) mass is 416 g/mol. The van der Waals surface area contributed by atoms with Crippen LogP contribution < -0.4 is 14.2 Å². The third kappa shape index (κ3) is 6.59. The lowest BCUT2D eigenvalue weighted by atomic mass is 10.2. The van der Waals surface area contributed by atoms with Crippen molar-refractivity contribution in [3.63, 3.8) is 0 Å². The van der Waals surface area contributed by atoms with Crippen LogP contribution in [0.2, 0.25) is 0 Å². The molecule has 0 radical (unpaired) electrons. The van der Waals surface area contributed by atoms with Gasteiger partial charge in [0.25, 0.3) is 5.69 Å². The van der Waals surface area contributed by atoms with Gasteiger partial charge in [-0.3, -0.25) is 20.2 Å². The number of benzene rings is 2. The van der Waals surface area contributed by atoms with Gasteiger partial charge >= 0.3 is 11.7 Å². The molecular formula is C20H20N2O8. The van der Waals surface area contributed by atoms with Gasteiger partial charge in [-0.25, -0.2) is 4.79 Å². The molecule has 0 aromatic heterocycles. The fourth-order valence-electron chi connectivity index (χ4n) is 2.26. The van der Waals surface area contributed by atoms with E-state index in [4.69, 9.17) is 14.2 Å². The average molecular weight is 416 g/mol. The van der Waals surface area contributed by atoms with E-state index in [2.05, 4.69) is 6.58 Å². The maximum atomic E-state index is 11.4. The van der Waals surface area contributed by atoms with Gasteiger partial charge in [0.05, 0.1) is 29.1 Å². The van der Waals surface area contributed by atoms with Crippen molar-refractivity contribution in [3.05, 3.63) is 74.8 Å². The average Bonchev–Trinajstić information content (AvgIpc) is 2.71. The molecule has 0 amide bonds. The number of carbonyl (C=O) groups is 1. The Morgan fingerprint density at radius 3 is 2.10 bits per heavy atom. The Hall–Kier alpha value is -3.95. The van der Waals surface area contributed by atoms with E-state index in [1.807, 2.05) is 0 Å². The predicted molar refractivity (Wildman–Crippen MR) is 107 cm³/mol. The van der Waals surface area contributed by atoms with Crippen LogP contribution in [0.3, 0.4) is 0 Å². The van der Waals surface area contributed by atoms with Crippen molar-refractivity contribution in [1.82, 2.24) is 0 Å². The first-order valence-electron chi connectivity index (χ1n) is 8.94. The second-order valence-corrected chi connectivity index (χ2v) is 6.21. The number of hydrogen-bond donors (Lipinski definition) is 0. The Morgan fingerprint density at radius 1 is 0.933 bits per heavy atom. The molecule has 10 heteroatoms. The Balaban J connectivity index is 1.75. The van der Waals surface area contributed by atoms with E-state index in [1.165, 1.54) is 6.07 Å². The minimum atomic E-state index is -0.719. The van der Waals surface area contributed by atoms with Crippen molar-refractivity contribution >= 4 is 17.3 Å². The molecule has 0 aliphatic carbocycles. The normalized spacial score (nSPS) is 10.2. The molecule has 0 heterocycles. The number of hydrogen-bond acceptors (Lipinski definition) is 8. The van der Waals surface area contributed by atoms with Crippen LogP contribution in [-0.4, -0.2) is 29.0 Å². The molecule has 0 aliphatic rings. The van der Waals surface area contributed by atoms with Gasteiger partial charge in [0, 0.05) is 11.6 Å². The molecule has 0 N–H and O–H groups in total. The number of non-ortho nitro benzene ring substituents is 1. The summed E-state index contributed by atoms with van der Waals surface area (Å²) < 4.78 is 16.0. The van der Waals surface area contributed by atoms with Crippen molar-refractivity contribution in [2.45, 2.75) is 19.8 Å². The molecule has 0 aliphatic heterocycles. The van der Waals surface area contributed by atoms with E-state index in [-0.39, 0.29) is 18.0 Å². The van der Waals surface area contributed by atoms with E-state index in [1.54, 1.807) is 31.2 Å². The summed E-state index contributed by atoms with van der Waals surface area (Å²) in [5, 5.41) is 21.8. The van der Waals surface area contributed by atoms with Crippen LogP contribution in [0.5, 0.6) is 17.2 Å². The Labute approximate surface area is 172 Å². The van der Waals surface area contributed by atoms with E-state index in [0.29, 0.717) is 36.5 Å². The zero-order chi connectivity index (χ0) is 22.1. The van der Waals surface area contributed by atoms with Crippen LogP contribution in [0, 0.1) is 20.2 Å². The van der Waals surface area contributed by atoms with Crippen LogP contribution in [-0.2, 0) is 4.79 Å². The van der Waals surface area contributed by atoms with Gasteiger partial charge in [-0.1, -0.05) is 6.58 Å². The molecule has 10 nitrogen and oxygen atoms in total. The van der Waals surface area contributed by atoms with Crippen LogP contribution in [0.15, 0.2) is 54.6 Å². The molecule has 2 rings (SSSR count). The lowest BCUT2D eigenvalue weighted by molar-refractivity contribution is -0.394. The number of unbranched alkanes of at least 4 members (excludes halogenated alkanes) is 1. The molecule has 0 saturated heterocycles. The number of nitrogens with zero attached hydrogens (tertiary/aromatic N) is 2. The van der Waals surface area contributed by atoms with Gasteiger partial charge in [0.15, 0.2) is 5.75 Å². The largest absolute Gasteiger partial charge is 0.494 e. The van der Waals surface area contributed by atoms with E-state index in [9.17, 15) is 25.0 Å². The van der Waals surface area contributed by atoms with Crippen molar-refractivity contribution in [2.24, 2.45) is 0 Å². The highest BCUT2D eigenvalue weighted by atomic mass is 16.6. The summed E-state index contributed by atoms with van der Waals surface area (Å²) in [6, 6.07) is 9.78. The second-order valence-electron chi connectivity index (χ2n) is 6.21. The lowest BCUT2D eigenvalue weighted by Gasteiger charge is -2.09. The maximum absolute atomic E-state index is 11.4. The quantitative estimate of drug-likeness (QED) is 0.133. The number of nitro groups is 2. The van der Waals surface area contributed by atoms with Crippen molar-refractivity contribution in [2.75, 3.05) is 13.2 Å². The highest BCUT2D eigenvalue weighted by Crippen LogP contribution is 2.31. The predicted octanol–water partition coefficient (Wildman–Crippen LogP) is 4.22. The Morgan fingerprint density at radius 2 is 1.53 bits per heavy atom. The van der Waals surface area contributed by atoms with Gasteiger partial charge in [-0.2, -0.15) is 0 Å². The topological polar surface area (TPSA) is 131 Å². The molecule has 2 aromatic rings. The first-order chi connectivity index (χ1) is 14.3. The summed E-state index contributed by atoms with van der Waals surface area (Å²) in [7, 11) is 0. The summed E-state index contributed by atoms with van der Waals surface area (Å²) in [6.45, 7) is 5.64. The molecule has 0 saturated carbocycles.